The standard InChI is InChI=1S/C21H27NO3/c1-14-9-15(2)11-17(10-14)25-13-20(23)22-18-12-16(21(3,4)5)7-8-19(18)24-6/h7-12H,13H2,1-6H3,(H,22,23). The topological polar surface area (TPSA) is 47.6 Å². The van der Waals surface area contributed by atoms with Crippen LogP contribution in [0.25, 0.3) is 0 Å². The molecule has 134 valence electrons. The molecule has 0 aliphatic rings. The van der Waals surface area contributed by atoms with Gasteiger partial charge >= 0.3 is 0 Å². The van der Waals surface area contributed by atoms with E-state index in [4.69, 9.17) is 9.47 Å². The summed E-state index contributed by atoms with van der Waals surface area (Å²) in [5.74, 6) is 1.11. The molecular weight excluding hydrogens is 314 g/mol. The quantitative estimate of drug-likeness (QED) is 0.863. The Morgan fingerprint density at radius 3 is 2.24 bits per heavy atom. The van der Waals surface area contributed by atoms with Crippen molar-refractivity contribution in [1.29, 1.82) is 0 Å². The van der Waals surface area contributed by atoms with Crippen molar-refractivity contribution in [3.05, 3.63) is 53.1 Å². The van der Waals surface area contributed by atoms with Gasteiger partial charge in [0.25, 0.3) is 5.91 Å². The molecule has 0 bridgehead atoms. The lowest BCUT2D eigenvalue weighted by molar-refractivity contribution is -0.118. The maximum Gasteiger partial charge on any atom is 0.262 e. The molecule has 2 aromatic carbocycles. The van der Waals surface area contributed by atoms with Crippen molar-refractivity contribution in [3.8, 4) is 11.5 Å². The minimum Gasteiger partial charge on any atom is -0.495 e. The smallest absolute Gasteiger partial charge is 0.262 e. The van der Waals surface area contributed by atoms with E-state index < -0.39 is 0 Å². The number of aryl methyl sites for hydroxylation is 2. The molecule has 25 heavy (non-hydrogen) atoms. The van der Waals surface area contributed by atoms with Gasteiger partial charge in [0.2, 0.25) is 0 Å². The Kier molecular flexibility index (Phi) is 5.73. The Bertz CT molecular complexity index is 740. The number of rotatable bonds is 5. The zero-order chi connectivity index (χ0) is 18.6. The van der Waals surface area contributed by atoms with Crippen molar-refractivity contribution in [3.63, 3.8) is 0 Å². The van der Waals surface area contributed by atoms with Crippen LogP contribution in [0.4, 0.5) is 5.69 Å². The Morgan fingerprint density at radius 2 is 1.68 bits per heavy atom. The van der Waals surface area contributed by atoms with E-state index in [1.165, 1.54) is 0 Å². The summed E-state index contributed by atoms with van der Waals surface area (Å²) in [6.07, 6.45) is 0. The van der Waals surface area contributed by atoms with E-state index in [2.05, 4.69) is 32.2 Å². The Morgan fingerprint density at radius 1 is 1.04 bits per heavy atom. The number of anilines is 1. The summed E-state index contributed by atoms with van der Waals surface area (Å²) in [4.78, 5) is 12.3. The van der Waals surface area contributed by atoms with Gasteiger partial charge in [0, 0.05) is 0 Å². The molecule has 4 nitrogen and oxygen atoms in total. The number of hydrogen-bond donors (Lipinski definition) is 1. The summed E-state index contributed by atoms with van der Waals surface area (Å²) in [7, 11) is 1.59. The van der Waals surface area contributed by atoms with E-state index in [0.29, 0.717) is 17.2 Å². The van der Waals surface area contributed by atoms with Crippen molar-refractivity contribution >= 4 is 11.6 Å². The number of methoxy groups -OCH3 is 1. The van der Waals surface area contributed by atoms with E-state index in [1.807, 2.05) is 44.2 Å². The Hall–Kier alpha value is -2.49. The van der Waals surface area contributed by atoms with Crippen molar-refractivity contribution in [2.75, 3.05) is 19.0 Å². The van der Waals surface area contributed by atoms with E-state index in [1.54, 1.807) is 7.11 Å². The third-order valence-electron chi connectivity index (χ3n) is 3.90. The minimum atomic E-state index is -0.219. The average molecular weight is 341 g/mol. The van der Waals surface area contributed by atoms with Gasteiger partial charge in [-0.2, -0.15) is 0 Å². The average Bonchev–Trinajstić information content (AvgIpc) is 2.51. The summed E-state index contributed by atoms with van der Waals surface area (Å²) in [5, 5.41) is 2.88. The van der Waals surface area contributed by atoms with Crippen LogP contribution in [0.2, 0.25) is 0 Å². The second-order valence-corrected chi connectivity index (χ2v) is 7.33. The van der Waals surface area contributed by atoms with Crippen LogP contribution < -0.4 is 14.8 Å². The van der Waals surface area contributed by atoms with Crippen LogP contribution in [0.1, 0.15) is 37.5 Å². The first kappa shape index (κ1) is 18.8. The van der Waals surface area contributed by atoms with Crippen LogP contribution in [-0.2, 0) is 10.2 Å². The molecule has 0 atom stereocenters. The first-order chi connectivity index (χ1) is 11.7. The monoisotopic (exact) mass is 341 g/mol. The van der Waals surface area contributed by atoms with Gasteiger partial charge in [-0.25, -0.2) is 0 Å². The van der Waals surface area contributed by atoms with Crippen molar-refractivity contribution < 1.29 is 14.3 Å². The van der Waals surface area contributed by atoms with Gasteiger partial charge in [-0.15, -0.1) is 0 Å². The fourth-order valence-corrected chi connectivity index (χ4v) is 2.62. The molecule has 0 spiro atoms. The van der Waals surface area contributed by atoms with Crippen LogP contribution >= 0.6 is 0 Å². The molecule has 0 unspecified atom stereocenters. The van der Waals surface area contributed by atoms with Crippen molar-refractivity contribution in [2.24, 2.45) is 0 Å². The third-order valence-corrected chi connectivity index (χ3v) is 3.90. The number of ether oxygens (including phenoxy) is 2. The number of amides is 1. The molecule has 0 saturated carbocycles. The van der Waals surface area contributed by atoms with Gasteiger partial charge in [0.15, 0.2) is 6.61 Å². The van der Waals surface area contributed by atoms with E-state index >= 15 is 0 Å². The number of nitrogens with one attached hydrogen (secondary N) is 1. The van der Waals surface area contributed by atoms with Gasteiger partial charge in [0.05, 0.1) is 12.8 Å². The Labute approximate surface area is 150 Å². The highest BCUT2D eigenvalue weighted by atomic mass is 16.5. The second-order valence-electron chi connectivity index (χ2n) is 7.33. The summed E-state index contributed by atoms with van der Waals surface area (Å²) in [6, 6.07) is 11.7. The highest BCUT2D eigenvalue weighted by molar-refractivity contribution is 5.93. The molecule has 2 rings (SSSR count). The maximum atomic E-state index is 12.3. The SMILES string of the molecule is COc1ccc(C(C)(C)C)cc1NC(=O)COc1cc(C)cc(C)c1. The first-order valence-electron chi connectivity index (χ1n) is 8.38. The predicted molar refractivity (Wildman–Crippen MR) is 102 cm³/mol. The molecule has 1 N–H and O–H groups in total. The molecule has 0 aromatic heterocycles. The summed E-state index contributed by atoms with van der Waals surface area (Å²) in [6.45, 7) is 10.3. The molecule has 0 aliphatic carbocycles. The normalized spacial score (nSPS) is 11.1. The van der Waals surface area contributed by atoms with Gasteiger partial charge in [0.1, 0.15) is 11.5 Å². The highest BCUT2D eigenvalue weighted by Gasteiger charge is 2.17. The van der Waals surface area contributed by atoms with E-state index in [9.17, 15) is 4.79 Å². The van der Waals surface area contributed by atoms with Gasteiger partial charge < -0.3 is 14.8 Å². The minimum absolute atomic E-state index is 0.0126. The van der Waals surface area contributed by atoms with Gasteiger partial charge in [-0.1, -0.05) is 32.9 Å². The van der Waals surface area contributed by atoms with Crippen LogP contribution in [0, 0.1) is 13.8 Å². The molecular formula is C21H27NO3. The zero-order valence-corrected chi connectivity index (χ0v) is 15.9. The van der Waals surface area contributed by atoms with Crippen molar-refractivity contribution in [1.82, 2.24) is 0 Å². The molecule has 1 amide bonds. The molecule has 2 aromatic rings. The maximum absolute atomic E-state index is 12.3. The van der Waals surface area contributed by atoms with Crippen molar-refractivity contribution in [2.45, 2.75) is 40.0 Å². The Balaban J connectivity index is 2.09. The highest BCUT2D eigenvalue weighted by Crippen LogP contribution is 2.31. The number of benzene rings is 2. The lowest BCUT2D eigenvalue weighted by Gasteiger charge is -2.21. The summed E-state index contributed by atoms with van der Waals surface area (Å²) < 4.78 is 11.0. The molecule has 0 aliphatic heterocycles. The largest absolute Gasteiger partial charge is 0.495 e. The third kappa shape index (κ3) is 5.24. The second kappa shape index (κ2) is 7.60. The van der Waals surface area contributed by atoms with E-state index in [0.717, 1.165) is 16.7 Å². The first-order valence-corrected chi connectivity index (χ1v) is 8.38. The number of carbonyl (C=O) groups is 1. The predicted octanol–water partition coefficient (Wildman–Crippen LogP) is 4.63. The van der Waals surface area contributed by atoms with Crippen LogP contribution in [0.15, 0.2) is 36.4 Å². The fraction of sp³-hybridized carbons (Fsp3) is 0.381. The zero-order valence-electron chi connectivity index (χ0n) is 15.9. The molecule has 0 heterocycles. The number of carbonyl (C=O) groups excluding carboxylic acids is 1. The molecule has 0 fully saturated rings. The van der Waals surface area contributed by atoms with Gasteiger partial charge in [-0.05, 0) is 60.2 Å². The van der Waals surface area contributed by atoms with Crippen LogP contribution in [0.5, 0.6) is 11.5 Å². The fourth-order valence-electron chi connectivity index (χ4n) is 2.62. The lowest BCUT2D eigenvalue weighted by Crippen LogP contribution is -2.21. The summed E-state index contributed by atoms with van der Waals surface area (Å²) >= 11 is 0. The van der Waals surface area contributed by atoms with Crippen LogP contribution in [-0.4, -0.2) is 19.6 Å². The molecule has 4 heteroatoms. The lowest BCUT2D eigenvalue weighted by atomic mass is 9.87. The van der Waals surface area contributed by atoms with Crippen LogP contribution in [0.3, 0.4) is 0 Å². The molecule has 0 saturated heterocycles. The van der Waals surface area contributed by atoms with E-state index in [-0.39, 0.29) is 17.9 Å². The number of hydrogen-bond acceptors (Lipinski definition) is 3. The summed E-state index contributed by atoms with van der Waals surface area (Å²) in [5.41, 5.74) is 3.98. The van der Waals surface area contributed by atoms with Gasteiger partial charge in [-0.3, -0.25) is 4.79 Å². The molecule has 0 radical (unpaired) electrons.